The van der Waals surface area contributed by atoms with Crippen molar-refractivity contribution in [2.45, 2.75) is 56.5 Å². The predicted molar refractivity (Wildman–Crippen MR) is 109 cm³/mol. The van der Waals surface area contributed by atoms with E-state index in [1.54, 1.807) is 4.90 Å². The smallest absolute Gasteiger partial charge is 0.254 e. The molecule has 29 heavy (non-hydrogen) atoms. The number of carbonyl (C=O) groups excluding carboxylic acids is 2. The number of carbonyl (C=O) groups is 2. The van der Waals surface area contributed by atoms with Crippen molar-refractivity contribution in [3.8, 4) is 0 Å². The summed E-state index contributed by atoms with van der Waals surface area (Å²) in [5.41, 5.74) is 2.75. The lowest BCUT2D eigenvalue weighted by Crippen LogP contribution is -2.46. The molecule has 0 saturated carbocycles. The molecule has 5 rings (SSSR count). The van der Waals surface area contributed by atoms with E-state index in [2.05, 4.69) is 4.90 Å². The summed E-state index contributed by atoms with van der Waals surface area (Å²) in [6.07, 6.45) is 5.45. The van der Waals surface area contributed by atoms with E-state index in [0.717, 1.165) is 44.3 Å². The molecule has 0 aliphatic carbocycles. The topological polar surface area (TPSA) is 40.6 Å². The molecule has 3 aliphatic heterocycles. The van der Waals surface area contributed by atoms with Crippen LogP contribution in [0.2, 0.25) is 0 Å². The highest BCUT2D eigenvalue weighted by atomic mass is 19.1. The third-order valence-electron chi connectivity index (χ3n) is 6.81. The molecule has 4 nitrogen and oxygen atoms in total. The lowest BCUT2D eigenvalue weighted by atomic mass is 9.85. The van der Waals surface area contributed by atoms with Gasteiger partial charge in [-0.2, -0.15) is 0 Å². The quantitative estimate of drug-likeness (QED) is 0.771. The van der Waals surface area contributed by atoms with Crippen LogP contribution in [-0.4, -0.2) is 35.3 Å². The molecule has 2 amide bonds. The SMILES string of the molecule is O=C1CCCN1c1ccc(C(=O)N2[C@@H]3CC[C@H]2CC(c2ccc(F)cc2)C3)cc1. The predicted octanol–water partition coefficient (Wildman–Crippen LogP) is 4.50. The molecule has 150 valence electrons. The van der Waals surface area contributed by atoms with Gasteiger partial charge >= 0.3 is 0 Å². The van der Waals surface area contributed by atoms with Gasteiger partial charge in [-0.3, -0.25) is 9.59 Å². The van der Waals surface area contributed by atoms with Gasteiger partial charge in [0.1, 0.15) is 5.82 Å². The zero-order valence-corrected chi connectivity index (χ0v) is 16.4. The molecule has 5 heteroatoms. The highest BCUT2D eigenvalue weighted by molar-refractivity contribution is 5.98. The fraction of sp³-hybridized carbons (Fsp3) is 0.417. The Labute approximate surface area is 170 Å². The Kier molecular flexibility index (Phi) is 4.61. The highest BCUT2D eigenvalue weighted by Gasteiger charge is 2.43. The lowest BCUT2D eigenvalue weighted by molar-refractivity contribution is -0.117. The maximum Gasteiger partial charge on any atom is 0.254 e. The zero-order chi connectivity index (χ0) is 20.0. The van der Waals surface area contributed by atoms with Crippen LogP contribution in [0.25, 0.3) is 0 Å². The van der Waals surface area contributed by atoms with Crippen molar-refractivity contribution in [1.82, 2.24) is 4.90 Å². The minimum absolute atomic E-state index is 0.0920. The number of hydrogen-bond acceptors (Lipinski definition) is 2. The molecule has 1 unspecified atom stereocenters. The number of fused-ring (bicyclic) bond motifs is 2. The van der Waals surface area contributed by atoms with E-state index in [0.29, 0.717) is 17.9 Å². The minimum Gasteiger partial charge on any atom is -0.333 e. The summed E-state index contributed by atoms with van der Waals surface area (Å²) in [5, 5.41) is 0. The van der Waals surface area contributed by atoms with E-state index in [4.69, 9.17) is 0 Å². The first-order valence-corrected chi connectivity index (χ1v) is 10.6. The number of halogens is 1. The first-order valence-electron chi connectivity index (χ1n) is 10.6. The van der Waals surface area contributed by atoms with Gasteiger partial charge in [0.2, 0.25) is 5.91 Å². The second kappa shape index (κ2) is 7.29. The van der Waals surface area contributed by atoms with E-state index >= 15 is 0 Å². The van der Waals surface area contributed by atoms with E-state index in [-0.39, 0.29) is 29.7 Å². The van der Waals surface area contributed by atoms with Crippen LogP contribution in [0, 0.1) is 5.82 Å². The largest absolute Gasteiger partial charge is 0.333 e. The third-order valence-corrected chi connectivity index (χ3v) is 6.81. The van der Waals surface area contributed by atoms with Crippen LogP contribution in [0.15, 0.2) is 48.5 Å². The van der Waals surface area contributed by atoms with Crippen LogP contribution in [-0.2, 0) is 4.79 Å². The van der Waals surface area contributed by atoms with E-state index in [1.807, 2.05) is 36.4 Å². The maximum atomic E-state index is 13.2. The molecular weight excluding hydrogens is 367 g/mol. The van der Waals surface area contributed by atoms with Crippen molar-refractivity contribution in [3.05, 3.63) is 65.5 Å². The molecule has 0 spiro atoms. The number of benzene rings is 2. The number of amides is 2. The Balaban J connectivity index is 1.31. The molecule has 3 saturated heterocycles. The summed E-state index contributed by atoms with van der Waals surface area (Å²) < 4.78 is 13.2. The molecule has 2 aromatic rings. The van der Waals surface area contributed by atoms with Gasteiger partial charge in [0.15, 0.2) is 0 Å². The fourth-order valence-electron chi connectivity index (χ4n) is 5.37. The second-order valence-electron chi connectivity index (χ2n) is 8.51. The van der Waals surface area contributed by atoms with Crippen LogP contribution < -0.4 is 4.90 Å². The van der Waals surface area contributed by atoms with Crippen LogP contribution in [0.3, 0.4) is 0 Å². The summed E-state index contributed by atoms with van der Waals surface area (Å²) in [5.74, 6) is 0.434. The monoisotopic (exact) mass is 392 g/mol. The highest BCUT2D eigenvalue weighted by Crippen LogP contribution is 2.43. The summed E-state index contributed by atoms with van der Waals surface area (Å²) in [6.45, 7) is 0.757. The molecule has 2 aromatic carbocycles. The summed E-state index contributed by atoms with van der Waals surface area (Å²) >= 11 is 0. The average Bonchev–Trinajstić information content (AvgIpc) is 3.28. The molecule has 0 N–H and O–H groups in total. The van der Waals surface area contributed by atoms with Crippen molar-refractivity contribution < 1.29 is 14.0 Å². The van der Waals surface area contributed by atoms with Gasteiger partial charge < -0.3 is 9.80 Å². The summed E-state index contributed by atoms with van der Waals surface area (Å²) in [6, 6.07) is 14.8. The number of nitrogens with zero attached hydrogens (tertiary/aromatic N) is 2. The van der Waals surface area contributed by atoms with Gasteiger partial charge in [-0.05, 0) is 80.0 Å². The summed E-state index contributed by atoms with van der Waals surface area (Å²) in [4.78, 5) is 29.0. The van der Waals surface area contributed by atoms with Crippen molar-refractivity contribution in [2.75, 3.05) is 11.4 Å². The molecule has 3 heterocycles. The zero-order valence-electron chi connectivity index (χ0n) is 16.4. The maximum absolute atomic E-state index is 13.2. The standard InChI is InChI=1S/C24H25FN2O2/c25-19-7-3-16(4-8-19)18-14-21-11-12-22(15-18)27(21)24(29)17-5-9-20(10-6-17)26-13-1-2-23(26)28/h3-10,18,21-22H,1-2,11-15H2/t18?,21-,22+. The van der Waals surface area contributed by atoms with Gasteiger partial charge in [-0.25, -0.2) is 4.39 Å². The van der Waals surface area contributed by atoms with Gasteiger partial charge in [0, 0.05) is 36.3 Å². The lowest BCUT2D eigenvalue weighted by Gasteiger charge is -2.39. The van der Waals surface area contributed by atoms with E-state index in [1.165, 1.54) is 17.7 Å². The second-order valence-corrected chi connectivity index (χ2v) is 8.51. The van der Waals surface area contributed by atoms with Gasteiger partial charge in [0.05, 0.1) is 0 Å². The Morgan fingerprint density at radius 2 is 1.59 bits per heavy atom. The van der Waals surface area contributed by atoms with Gasteiger partial charge in [-0.15, -0.1) is 0 Å². The molecule has 2 bridgehead atoms. The van der Waals surface area contributed by atoms with Crippen molar-refractivity contribution >= 4 is 17.5 Å². The third kappa shape index (κ3) is 3.33. The van der Waals surface area contributed by atoms with Crippen molar-refractivity contribution in [3.63, 3.8) is 0 Å². The van der Waals surface area contributed by atoms with Crippen LogP contribution in [0.1, 0.15) is 60.4 Å². The fourth-order valence-corrected chi connectivity index (χ4v) is 5.37. The Morgan fingerprint density at radius 3 is 2.17 bits per heavy atom. The normalized spacial score (nSPS) is 26.2. The van der Waals surface area contributed by atoms with Gasteiger partial charge in [0.25, 0.3) is 5.91 Å². The number of rotatable bonds is 3. The molecule has 3 atom stereocenters. The Morgan fingerprint density at radius 1 is 0.931 bits per heavy atom. The molecular formula is C24H25FN2O2. The summed E-state index contributed by atoms with van der Waals surface area (Å²) in [7, 11) is 0. The van der Waals surface area contributed by atoms with Crippen LogP contribution in [0.5, 0.6) is 0 Å². The minimum atomic E-state index is -0.205. The molecule has 3 aliphatic rings. The first kappa shape index (κ1) is 18.3. The van der Waals surface area contributed by atoms with Crippen LogP contribution in [0.4, 0.5) is 10.1 Å². The van der Waals surface area contributed by atoms with Gasteiger partial charge in [-0.1, -0.05) is 12.1 Å². The Bertz CT molecular complexity index is 911. The molecule has 3 fully saturated rings. The van der Waals surface area contributed by atoms with Crippen LogP contribution >= 0.6 is 0 Å². The van der Waals surface area contributed by atoms with E-state index < -0.39 is 0 Å². The molecule has 0 radical (unpaired) electrons. The number of anilines is 1. The Hall–Kier alpha value is -2.69. The number of piperidine rings is 1. The molecule has 0 aromatic heterocycles. The number of hydrogen-bond donors (Lipinski definition) is 0. The average molecular weight is 392 g/mol. The van der Waals surface area contributed by atoms with Crippen molar-refractivity contribution in [2.24, 2.45) is 0 Å². The van der Waals surface area contributed by atoms with Crippen molar-refractivity contribution in [1.29, 1.82) is 0 Å². The van der Waals surface area contributed by atoms with E-state index in [9.17, 15) is 14.0 Å². The first-order chi connectivity index (χ1) is 14.1.